The molecule has 0 radical (unpaired) electrons. The maximum Gasteiger partial charge on any atom is 0.268 e. The summed E-state index contributed by atoms with van der Waals surface area (Å²) in [5.74, 6) is 0.780. The molecule has 17 heavy (non-hydrogen) atoms. The Hall–Kier alpha value is -1.68. The lowest BCUT2D eigenvalue weighted by Gasteiger charge is -2.11. The van der Waals surface area contributed by atoms with Gasteiger partial charge in [-0.25, -0.2) is 0 Å². The zero-order valence-electron chi connectivity index (χ0n) is 9.37. The zero-order chi connectivity index (χ0) is 11.1. The fourth-order valence-corrected chi connectivity index (χ4v) is 2.20. The van der Waals surface area contributed by atoms with E-state index in [-0.39, 0.29) is 18.3 Å². The Morgan fingerprint density at radius 2 is 2.18 bits per heavy atom. The van der Waals surface area contributed by atoms with Crippen LogP contribution in [0.5, 0.6) is 5.75 Å². The highest BCUT2D eigenvalue weighted by atomic mass is 35.5. The van der Waals surface area contributed by atoms with Gasteiger partial charge in [0, 0.05) is 23.5 Å². The first kappa shape index (κ1) is 11.8. The van der Waals surface area contributed by atoms with Crippen molar-refractivity contribution in [3.63, 3.8) is 0 Å². The summed E-state index contributed by atoms with van der Waals surface area (Å²) >= 11 is 0. The monoisotopic (exact) mass is 252 g/mol. The second kappa shape index (κ2) is 4.30. The van der Waals surface area contributed by atoms with Gasteiger partial charge in [-0.3, -0.25) is 4.79 Å². The van der Waals surface area contributed by atoms with Crippen molar-refractivity contribution < 1.29 is 9.53 Å². The fourth-order valence-electron chi connectivity index (χ4n) is 2.20. The van der Waals surface area contributed by atoms with Crippen molar-refractivity contribution in [3.8, 4) is 5.75 Å². The van der Waals surface area contributed by atoms with Gasteiger partial charge in [-0.05, 0) is 24.1 Å². The minimum atomic E-state index is -0.0172. The normalized spacial score (nSPS) is 13.8. The first-order chi connectivity index (χ1) is 7.79. The number of nitrogens with one attached hydrogen (secondary N) is 2. The lowest BCUT2D eigenvalue weighted by molar-refractivity contribution is 0.0942. The van der Waals surface area contributed by atoms with E-state index in [0.717, 1.165) is 28.6 Å². The number of aromatic amines is 1. The molecule has 0 atom stereocenters. The molecule has 1 aliphatic heterocycles. The molecule has 2 N–H and O–H groups in total. The van der Waals surface area contributed by atoms with Crippen molar-refractivity contribution in [1.29, 1.82) is 0 Å². The van der Waals surface area contributed by atoms with E-state index in [1.807, 2.05) is 18.2 Å². The van der Waals surface area contributed by atoms with Gasteiger partial charge in [0.25, 0.3) is 5.91 Å². The van der Waals surface area contributed by atoms with E-state index in [0.29, 0.717) is 12.2 Å². The number of benzene rings is 1. The molecule has 3 rings (SSSR count). The van der Waals surface area contributed by atoms with Crippen LogP contribution in [0.4, 0.5) is 0 Å². The average molecular weight is 253 g/mol. The minimum Gasteiger partial charge on any atom is -0.497 e. The van der Waals surface area contributed by atoms with Gasteiger partial charge >= 0.3 is 0 Å². The van der Waals surface area contributed by atoms with Gasteiger partial charge in [0.2, 0.25) is 0 Å². The van der Waals surface area contributed by atoms with E-state index >= 15 is 0 Å². The molecular formula is C12H13ClN2O2. The van der Waals surface area contributed by atoms with Crippen molar-refractivity contribution in [2.24, 2.45) is 0 Å². The van der Waals surface area contributed by atoms with Crippen LogP contribution in [0.25, 0.3) is 10.9 Å². The summed E-state index contributed by atoms with van der Waals surface area (Å²) in [5, 5.41) is 3.94. The van der Waals surface area contributed by atoms with E-state index < -0.39 is 0 Å². The molecule has 0 saturated heterocycles. The number of ether oxygens (including phenoxy) is 1. The Bertz CT molecular complexity index is 577. The van der Waals surface area contributed by atoms with E-state index in [1.165, 1.54) is 0 Å². The number of rotatable bonds is 1. The fraction of sp³-hybridized carbons (Fsp3) is 0.250. The number of carbonyl (C=O) groups excluding carboxylic acids is 1. The molecule has 4 nitrogen and oxygen atoms in total. The van der Waals surface area contributed by atoms with Crippen LogP contribution in [0.2, 0.25) is 0 Å². The maximum atomic E-state index is 11.6. The summed E-state index contributed by atoms with van der Waals surface area (Å²) in [7, 11) is 1.64. The number of hydrogen-bond acceptors (Lipinski definition) is 2. The van der Waals surface area contributed by atoms with Crippen LogP contribution in [-0.2, 0) is 6.42 Å². The molecule has 0 aliphatic carbocycles. The number of amides is 1. The van der Waals surface area contributed by atoms with E-state index in [1.54, 1.807) is 7.11 Å². The number of fused-ring (bicyclic) bond motifs is 3. The predicted molar refractivity (Wildman–Crippen MR) is 68.1 cm³/mol. The Morgan fingerprint density at radius 1 is 1.35 bits per heavy atom. The third kappa shape index (κ3) is 1.74. The molecule has 90 valence electrons. The molecule has 0 spiro atoms. The quantitative estimate of drug-likeness (QED) is 0.814. The van der Waals surface area contributed by atoms with Crippen LogP contribution in [-0.4, -0.2) is 24.5 Å². The second-order valence-corrected chi connectivity index (χ2v) is 3.90. The summed E-state index contributed by atoms with van der Waals surface area (Å²) in [6, 6.07) is 5.84. The summed E-state index contributed by atoms with van der Waals surface area (Å²) < 4.78 is 5.16. The number of methoxy groups -OCH3 is 1. The average Bonchev–Trinajstić information content (AvgIpc) is 2.68. The van der Waals surface area contributed by atoms with Gasteiger partial charge in [0.15, 0.2) is 0 Å². The SMILES string of the molecule is COc1ccc2c3c([nH]c2c1)C(=O)NCC3.Cl. The molecule has 1 aromatic carbocycles. The van der Waals surface area contributed by atoms with Crippen LogP contribution in [0.3, 0.4) is 0 Å². The van der Waals surface area contributed by atoms with Crippen LogP contribution in [0.1, 0.15) is 16.1 Å². The highest BCUT2D eigenvalue weighted by molar-refractivity contribution is 6.02. The van der Waals surface area contributed by atoms with Gasteiger partial charge in [0.1, 0.15) is 11.4 Å². The predicted octanol–water partition coefficient (Wildman–Crippen LogP) is 1.88. The second-order valence-electron chi connectivity index (χ2n) is 3.90. The molecule has 1 aliphatic rings. The zero-order valence-corrected chi connectivity index (χ0v) is 10.2. The Morgan fingerprint density at radius 3 is 2.94 bits per heavy atom. The summed E-state index contributed by atoms with van der Waals surface area (Å²) in [6.45, 7) is 0.713. The number of carbonyl (C=O) groups is 1. The molecule has 1 aromatic heterocycles. The van der Waals surface area contributed by atoms with Gasteiger partial charge in [0.05, 0.1) is 7.11 Å². The summed E-state index contributed by atoms with van der Waals surface area (Å²) in [4.78, 5) is 14.8. The van der Waals surface area contributed by atoms with Gasteiger partial charge in [-0.2, -0.15) is 0 Å². The molecule has 2 heterocycles. The maximum absolute atomic E-state index is 11.6. The molecule has 1 amide bonds. The molecule has 5 heteroatoms. The lowest BCUT2D eigenvalue weighted by Crippen LogP contribution is -2.31. The molecule has 2 aromatic rings. The van der Waals surface area contributed by atoms with Crippen molar-refractivity contribution >= 4 is 29.2 Å². The van der Waals surface area contributed by atoms with Crippen molar-refractivity contribution in [2.75, 3.05) is 13.7 Å². The van der Waals surface area contributed by atoms with Crippen LogP contribution < -0.4 is 10.1 Å². The third-order valence-corrected chi connectivity index (χ3v) is 3.00. The highest BCUT2D eigenvalue weighted by Crippen LogP contribution is 2.27. The molecule has 0 saturated carbocycles. The largest absolute Gasteiger partial charge is 0.497 e. The first-order valence-corrected chi connectivity index (χ1v) is 5.26. The Kier molecular flexibility index (Phi) is 2.98. The number of halogens is 1. The third-order valence-electron chi connectivity index (χ3n) is 3.00. The van der Waals surface area contributed by atoms with Gasteiger partial charge in [-0.1, -0.05) is 0 Å². The molecular weight excluding hydrogens is 240 g/mol. The smallest absolute Gasteiger partial charge is 0.268 e. The lowest BCUT2D eigenvalue weighted by atomic mass is 10.0. The number of hydrogen-bond donors (Lipinski definition) is 2. The molecule has 0 fully saturated rings. The number of H-pyrrole nitrogens is 1. The summed E-state index contributed by atoms with van der Waals surface area (Å²) in [5.41, 5.74) is 2.76. The van der Waals surface area contributed by atoms with E-state index in [9.17, 15) is 4.79 Å². The first-order valence-electron chi connectivity index (χ1n) is 5.26. The van der Waals surface area contributed by atoms with Crippen LogP contribution >= 0.6 is 12.4 Å². The van der Waals surface area contributed by atoms with Crippen molar-refractivity contribution in [3.05, 3.63) is 29.5 Å². The van der Waals surface area contributed by atoms with E-state index in [4.69, 9.17) is 4.74 Å². The van der Waals surface area contributed by atoms with Gasteiger partial charge in [-0.15, -0.1) is 12.4 Å². The summed E-state index contributed by atoms with van der Waals surface area (Å²) in [6.07, 6.45) is 0.882. The standard InChI is InChI=1S/C12H12N2O2.ClH/c1-16-7-2-3-8-9-4-5-13-12(15)11(9)14-10(8)6-7;/h2-3,6,14H,4-5H2,1H3,(H,13,15);1H. The van der Waals surface area contributed by atoms with Crippen molar-refractivity contribution in [2.45, 2.75) is 6.42 Å². The van der Waals surface area contributed by atoms with Gasteiger partial charge < -0.3 is 15.0 Å². The topological polar surface area (TPSA) is 54.1 Å². The van der Waals surface area contributed by atoms with Crippen molar-refractivity contribution in [1.82, 2.24) is 10.3 Å². The Labute approximate surface area is 105 Å². The highest BCUT2D eigenvalue weighted by Gasteiger charge is 2.21. The molecule has 0 bridgehead atoms. The van der Waals surface area contributed by atoms with Crippen LogP contribution in [0.15, 0.2) is 18.2 Å². The van der Waals surface area contributed by atoms with E-state index in [2.05, 4.69) is 10.3 Å². The Balaban J connectivity index is 0.00000108. The minimum absolute atomic E-state index is 0. The number of aromatic nitrogens is 1. The molecule has 0 unspecified atom stereocenters. The van der Waals surface area contributed by atoms with Crippen LogP contribution in [0, 0.1) is 0 Å².